The monoisotopic (exact) mass is 282 g/mol. The molecule has 6 nitrogen and oxygen atoms in total. The minimum Gasteiger partial charge on any atom is -0.490 e. The Bertz CT molecular complexity index is 570. The molecule has 102 valence electrons. The molecular formula is C12H14N2O4S. The Kier molecular flexibility index (Phi) is 4.53. The predicted molar refractivity (Wildman–Crippen MR) is 73.0 cm³/mol. The van der Waals surface area contributed by atoms with Gasteiger partial charge in [0.15, 0.2) is 5.82 Å². The van der Waals surface area contributed by atoms with Crippen molar-refractivity contribution in [2.45, 2.75) is 0 Å². The van der Waals surface area contributed by atoms with Crippen LogP contribution in [0, 0.1) is 0 Å². The Morgan fingerprint density at radius 1 is 1.37 bits per heavy atom. The Morgan fingerprint density at radius 3 is 2.95 bits per heavy atom. The van der Waals surface area contributed by atoms with E-state index in [4.69, 9.17) is 9.47 Å². The normalized spacial score (nSPS) is 10.4. The molecule has 1 amide bonds. The van der Waals surface area contributed by atoms with Crippen molar-refractivity contribution in [2.24, 2.45) is 0 Å². The summed E-state index contributed by atoms with van der Waals surface area (Å²) in [7, 11) is 2.92. The lowest BCUT2D eigenvalue weighted by atomic mass is 10.2. The number of anilines is 1. The first kappa shape index (κ1) is 13.6. The Labute approximate surface area is 114 Å². The van der Waals surface area contributed by atoms with Crippen molar-refractivity contribution in [1.29, 1.82) is 0 Å². The standard InChI is InChI=1S/C12H14N2O4S/c1-16-6-7-18-8-4-3-5-9-10(8)11(14-19-9)13-12(15)17-2/h3-5H,6-7H2,1-2H3,(H,13,14,15). The molecule has 0 saturated carbocycles. The second kappa shape index (κ2) is 6.35. The van der Waals surface area contributed by atoms with Gasteiger partial charge in [-0.1, -0.05) is 6.07 Å². The maximum absolute atomic E-state index is 11.3. The second-order valence-electron chi connectivity index (χ2n) is 3.62. The molecule has 1 aromatic heterocycles. The molecule has 2 rings (SSSR count). The van der Waals surface area contributed by atoms with Crippen LogP contribution >= 0.6 is 11.5 Å². The fourth-order valence-corrected chi connectivity index (χ4v) is 2.30. The molecule has 0 saturated heterocycles. The first-order valence-corrected chi connectivity index (χ1v) is 6.38. The van der Waals surface area contributed by atoms with Crippen LogP contribution in [0.25, 0.3) is 10.1 Å². The first-order chi connectivity index (χ1) is 9.26. The molecule has 0 atom stereocenters. The number of hydrogen-bond acceptors (Lipinski definition) is 6. The molecular weight excluding hydrogens is 268 g/mol. The molecule has 1 heterocycles. The number of carbonyl (C=O) groups is 1. The number of aromatic nitrogens is 1. The van der Waals surface area contributed by atoms with Crippen LogP contribution in [0.5, 0.6) is 5.75 Å². The van der Waals surface area contributed by atoms with Gasteiger partial charge < -0.3 is 14.2 Å². The van der Waals surface area contributed by atoms with Gasteiger partial charge in [-0.25, -0.2) is 4.79 Å². The van der Waals surface area contributed by atoms with Gasteiger partial charge in [-0.15, -0.1) is 0 Å². The molecule has 0 fully saturated rings. The lowest BCUT2D eigenvalue weighted by Gasteiger charge is -2.08. The number of rotatable bonds is 5. The highest BCUT2D eigenvalue weighted by Gasteiger charge is 2.14. The zero-order valence-corrected chi connectivity index (χ0v) is 11.5. The van der Waals surface area contributed by atoms with Gasteiger partial charge in [-0.05, 0) is 23.7 Å². The Balaban J connectivity index is 2.29. The molecule has 19 heavy (non-hydrogen) atoms. The Morgan fingerprint density at radius 2 is 2.21 bits per heavy atom. The molecule has 0 aliphatic heterocycles. The Hall–Kier alpha value is -1.86. The molecule has 1 aromatic carbocycles. The number of amides is 1. The third-order valence-electron chi connectivity index (χ3n) is 2.41. The molecule has 0 aliphatic rings. The fourth-order valence-electron chi connectivity index (χ4n) is 1.55. The highest BCUT2D eigenvalue weighted by atomic mass is 32.1. The summed E-state index contributed by atoms with van der Waals surface area (Å²) in [6, 6.07) is 5.62. The molecule has 2 aromatic rings. The summed E-state index contributed by atoms with van der Waals surface area (Å²) in [5.74, 6) is 1.11. The van der Waals surface area contributed by atoms with Gasteiger partial charge in [0.05, 0.1) is 23.8 Å². The number of carbonyl (C=O) groups excluding carboxylic acids is 1. The lowest BCUT2D eigenvalue weighted by Crippen LogP contribution is -2.11. The van der Waals surface area contributed by atoms with Crippen LogP contribution in [0.3, 0.4) is 0 Å². The number of hydrogen-bond donors (Lipinski definition) is 1. The van der Waals surface area contributed by atoms with Gasteiger partial charge in [0, 0.05) is 7.11 Å². The van der Waals surface area contributed by atoms with Crippen LogP contribution in [0.15, 0.2) is 18.2 Å². The molecule has 0 bridgehead atoms. The summed E-state index contributed by atoms with van der Waals surface area (Å²) < 4.78 is 20.3. The van der Waals surface area contributed by atoms with Crippen molar-refractivity contribution >= 4 is 33.5 Å². The third kappa shape index (κ3) is 3.12. The SMILES string of the molecule is COCCOc1cccc2snc(NC(=O)OC)c12. The quantitative estimate of drug-likeness (QED) is 0.853. The van der Waals surface area contributed by atoms with E-state index < -0.39 is 6.09 Å². The third-order valence-corrected chi connectivity index (χ3v) is 3.22. The molecule has 7 heteroatoms. The van der Waals surface area contributed by atoms with E-state index in [0.717, 1.165) is 10.1 Å². The minimum atomic E-state index is -0.557. The van der Waals surface area contributed by atoms with Crippen molar-refractivity contribution in [1.82, 2.24) is 4.37 Å². The fraction of sp³-hybridized carbons (Fsp3) is 0.333. The van der Waals surface area contributed by atoms with Crippen LogP contribution < -0.4 is 10.1 Å². The van der Waals surface area contributed by atoms with Crippen LogP contribution in [0.1, 0.15) is 0 Å². The minimum absolute atomic E-state index is 0.434. The molecule has 0 unspecified atom stereocenters. The van der Waals surface area contributed by atoms with E-state index in [1.54, 1.807) is 7.11 Å². The van der Waals surface area contributed by atoms with E-state index in [2.05, 4.69) is 14.4 Å². The summed E-state index contributed by atoms with van der Waals surface area (Å²) in [6.45, 7) is 0.927. The topological polar surface area (TPSA) is 69.7 Å². The average molecular weight is 282 g/mol. The summed E-state index contributed by atoms with van der Waals surface area (Å²) in [5.41, 5.74) is 0. The summed E-state index contributed by atoms with van der Waals surface area (Å²) in [5, 5.41) is 3.34. The smallest absolute Gasteiger partial charge is 0.412 e. The van der Waals surface area contributed by atoms with E-state index in [-0.39, 0.29) is 0 Å². The van der Waals surface area contributed by atoms with Crippen LogP contribution in [0.2, 0.25) is 0 Å². The van der Waals surface area contributed by atoms with Crippen LogP contribution in [-0.4, -0.2) is 37.9 Å². The number of benzene rings is 1. The molecule has 1 N–H and O–H groups in total. The highest BCUT2D eigenvalue weighted by molar-refractivity contribution is 7.13. The van der Waals surface area contributed by atoms with E-state index in [1.165, 1.54) is 18.6 Å². The first-order valence-electron chi connectivity index (χ1n) is 5.61. The van der Waals surface area contributed by atoms with Crippen molar-refractivity contribution in [3.05, 3.63) is 18.2 Å². The van der Waals surface area contributed by atoms with Crippen LogP contribution in [0.4, 0.5) is 10.6 Å². The van der Waals surface area contributed by atoms with Gasteiger partial charge in [-0.2, -0.15) is 4.37 Å². The van der Waals surface area contributed by atoms with E-state index in [1.807, 2.05) is 18.2 Å². The number of fused-ring (bicyclic) bond motifs is 1. The van der Waals surface area contributed by atoms with Crippen molar-refractivity contribution in [2.75, 3.05) is 32.8 Å². The van der Waals surface area contributed by atoms with Gasteiger partial charge in [0.1, 0.15) is 12.4 Å². The largest absolute Gasteiger partial charge is 0.490 e. The number of ether oxygens (including phenoxy) is 3. The van der Waals surface area contributed by atoms with Gasteiger partial charge in [-0.3, -0.25) is 5.32 Å². The van der Waals surface area contributed by atoms with Crippen molar-refractivity contribution in [3.8, 4) is 5.75 Å². The zero-order chi connectivity index (χ0) is 13.7. The van der Waals surface area contributed by atoms with Crippen molar-refractivity contribution < 1.29 is 19.0 Å². The summed E-state index contributed by atoms with van der Waals surface area (Å²) in [4.78, 5) is 11.3. The van der Waals surface area contributed by atoms with E-state index >= 15 is 0 Å². The number of nitrogens with zero attached hydrogens (tertiary/aromatic N) is 1. The second-order valence-corrected chi connectivity index (χ2v) is 4.42. The van der Waals surface area contributed by atoms with Crippen LogP contribution in [-0.2, 0) is 9.47 Å². The predicted octanol–water partition coefficient (Wildman–Crippen LogP) is 2.50. The molecule has 0 radical (unpaired) electrons. The molecule has 0 aliphatic carbocycles. The number of methoxy groups -OCH3 is 2. The summed E-state index contributed by atoms with van der Waals surface area (Å²) >= 11 is 1.29. The van der Waals surface area contributed by atoms with E-state index in [0.29, 0.717) is 24.8 Å². The van der Waals surface area contributed by atoms with Gasteiger partial charge in [0.2, 0.25) is 0 Å². The van der Waals surface area contributed by atoms with Crippen molar-refractivity contribution in [3.63, 3.8) is 0 Å². The maximum atomic E-state index is 11.3. The van der Waals surface area contributed by atoms with E-state index in [9.17, 15) is 4.79 Å². The zero-order valence-electron chi connectivity index (χ0n) is 10.6. The maximum Gasteiger partial charge on any atom is 0.412 e. The highest BCUT2D eigenvalue weighted by Crippen LogP contribution is 2.34. The lowest BCUT2D eigenvalue weighted by molar-refractivity contribution is 0.147. The molecule has 0 spiro atoms. The van der Waals surface area contributed by atoms with Gasteiger partial charge in [0.25, 0.3) is 0 Å². The number of nitrogens with one attached hydrogen (secondary N) is 1. The average Bonchev–Trinajstić information content (AvgIpc) is 2.83. The van der Waals surface area contributed by atoms with Gasteiger partial charge >= 0.3 is 6.09 Å². The summed E-state index contributed by atoms with van der Waals surface area (Å²) in [6.07, 6.45) is -0.557.